The van der Waals surface area contributed by atoms with Gasteiger partial charge in [0, 0.05) is 16.4 Å². The second-order valence-corrected chi connectivity index (χ2v) is 6.30. The van der Waals surface area contributed by atoms with Crippen molar-refractivity contribution in [2.75, 3.05) is 23.7 Å². The van der Waals surface area contributed by atoms with Crippen LogP contribution in [0.1, 0.15) is 16.7 Å². The van der Waals surface area contributed by atoms with Gasteiger partial charge in [-0.05, 0) is 61.7 Å². The number of carbonyl (C=O) groups excluding carboxylic acids is 2. The van der Waals surface area contributed by atoms with Crippen molar-refractivity contribution in [3.63, 3.8) is 0 Å². The van der Waals surface area contributed by atoms with E-state index in [9.17, 15) is 9.59 Å². The summed E-state index contributed by atoms with van der Waals surface area (Å²) < 4.78 is 0. The maximum absolute atomic E-state index is 11.9. The number of nitrogens with one attached hydrogen (secondary N) is 3. The number of anilines is 2. The first-order valence-corrected chi connectivity index (χ1v) is 8.37. The normalized spacial score (nSPS) is 10.2. The highest BCUT2D eigenvalue weighted by molar-refractivity contribution is 6.31. The molecule has 2 aromatic carbocycles. The number of aryl methyl sites for hydroxylation is 2. The average molecular weight is 360 g/mol. The summed E-state index contributed by atoms with van der Waals surface area (Å²) >= 11 is 6.02. The Kier molecular flexibility index (Phi) is 6.42. The van der Waals surface area contributed by atoms with Crippen molar-refractivity contribution in [1.29, 1.82) is 0 Å². The molecular formula is C19H22ClN3O2. The summed E-state index contributed by atoms with van der Waals surface area (Å²) in [4.78, 5) is 23.8. The first-order valence-electron chi connectivity index (χ1n) is 7.99. The minimum absolute atomic E-state index is 0.0978. The molecule has 25 heavy (non-hydrogen) atoms. The highest BCUT2D eigenvalue weighted by Gasteiger charge is 2.08. The van der Waals surface area contributed by atoms with E-state index < -0.39 is 0 Å². The molecule has 0 unspecified atom stereocenters. The Bertz CT molecular complexity index is 790. The van der Waals surface area contributed by atoms with Gasteiger partial charge < -0.3 is 16.0 Å². The van der Waals surface area contributed by atoms with Crippen LogP contribution in [-0.4, -0.2) is 24.9 Å². The molecule has 0 heterocycles. The SMILES string of the molecule is Cc1ccc(NCC(=O)NCC(=O)Nc2cccc(Cl)c2C)cc1C. The van der Waals surface area contributed by atoms with Gasteiger partial charge in [0.05, 0.1) is 13.1 Å². The number of hydrogen-bond donors (Lipinski definition) is 3. The van der Waals surface area contributed by atoms with Gasteiger partial charge in [-0.2, -0.15) is 0 Å². The molecule has 0 aliphatic rings. The summed E-state index contributed by atoms with van der Waals surface area (Å²) in [6.45, 7) is 5.88. The van der Waals surface area contributed by atoms with Crippen LogP contribution >= 0.6 is 11.6 Å². The zero-order valence-electron chi connectivity index (χ0n) is 14.6. The monoisotopic (exact) mass is 359 g/mol. The number of hydrogen-bond acceptors (Lipinski definition) is 3. The second-order valence-electron chi connectivity index (χ2n) is 5.89. The molecule has 132 valence electrons. The summed E-state index contributed by atoms with van der Waals surface area (Å²) in [5.74, 6) is -0.555. The van der Waals surface area contributed by atoms with Gasteiger partial charge in [-0.15, -0.1) is 0 Å². The van der Waals surface area contributed by atoms with Gasteiger partial charge in [0.15, 0.2) is 0 Å². The number of halogens is 1. The van der Waals surface area contributed by atoms with Gasteiger partial charge >= 0.3 is 0 Å². The van der Waals surface area contributed by atoms with E-state index in [0.717, 1.165) is 16.8 Å². The van der Waals surface area contributed by atoms with Gasteiger partial charge in [-0.3, -0.25) is 9.59 Å². The van der Waals surface area contributed by atoms with Gasteiger partial charge in [0.25, 0.3) is 0 Å². The Labute approximate surface area is 152 Å². The van der Waals surface area contributed by atoms with Crippen molar-refractivity contribution in [2.45, 2.75) is 20.8 Å². The lowest BCUT2D eigenvalue weighted by Crippen LogP contribution is -2.36. The van der Waals surface area contributed by atoms with E-state index in [0.29, 0.717) is 10.7 Å². The molecular weight excluding hydrogens is 338 g/mol. The smallest absolute Gasteiger partial charge is 0.243 e. The van der Waals surface area contributed by atoms with Crippen molar-refractivity contribution < 1.29 is 9.59 Å². The Morgan fingerprint density at radius 3 is 2.44 bits per heavy atom. The van der Waals surface area contributed by atoms with Gasteiger partial charge in [0.1, 0.15) is 0 Å². The molecule has 0 bridgehead atoms. The van der Waals surface area contributed by atoms with E-state index in [1.165, 1.54) is 5.56 Å². The van der Waals surface area contributed by atoms with Crippen LogP contribution in [0.5, 0.6) is 0 Å². The number of amides is 2. The lowest BCUT2D eigenvalue weighted by Gasteiger charge is -2.11. The summed E-state index contributed by atoms with van der Waals surface area (Å²) in [5, 5.41) is 8.95. The molecule has 0 fully saturated rings. The molecule has 0 spiro atoms. The Hall–Kier alpha value is -2.53. The van der Waals surface area contributed by atoms with Gasteiger partial charge in [-0.25, -0.2) is 0 Å². The van der Waals surface area contributed by atoms with E-state index in [2.05, 4.69) is 16.0 Å². The van der Waals surface area contributed by atoms with Crippen LogP contribution < -0.4 is 16.0 Å². The Morgan fingerprint density at radius 1 is 0.960 bits per heavy atom. The van der Waals surface area contributed by atoms with Crippen molar-refractivity contribution in [2.24, 2.45) is 0 Å². The molecule has 2 rings (SSSR count). The molecule has 5 nitrogen and oxygen atoms in total. The second kappa shape index (κ2) is 8.53. The van der Waals surface area contributed by atoms with Gasteiger partial charge in [0.2, 0.25) is 11.8 Å². The van der Waals surface area contributed by atoms with Gasteiger partial charge in [-0.1, -0.05) is 23.7 Å². The predicted octanol–water partition coefficient (Wildman–Crippen LogP) is 3.43. The molecule has 0 saturated heterocycles. The molecule has 6 heteroatoms. The van der Waals surface area contributed by atoms with Crippen LogP contribution in [0.2, 0.25) is 5.02 Å². The molecule has 3 N–H and O–H groups in total. The van der Waals surface area contributed by atoms with E-state index >= 15 is 0 Å². The van der Waals surface area contributed by atoms with Crippen molar-refractivity contribution in [3.05, 3.63) is 58.1 Å². The fraction of sp³-hybridized carbons (Fsp3) is 0.263. The maximum atomic E-state index is 11.9. The number of carbonyl (C=O) groups is 2. The third-order valence-electron chi connectivity index (χ3n) is 3.95. The Morgan fingerprint density at radius 2 is 1.72 bits per heavy atom. The first-order chi connectivity index (χ1) is 11.9. The number of benzene rings is 2. The molecule has 0 saturated carbocycles. The fourth-order valence-electron chi connectivity index (χ4n) is 2.21. The Balaban J connectivity index is 1.78. The van der Waals surface area contributed by atoms with Crippen LogP contribution in [0.25, 0.3) is 0 Å². The topological polar surface area (TPSA) is 70.2 Å². The first kappa shape index (κ1) is 18.8. The van der Waals surface area contributed by atoms with Crippen molar-refractivity contribution in [1.82, 2.24) is 5.32 Å². The fourth-order valence-corrected chi connectivity index (χ4v) is 2.39. The van der Waals surface area contributed by atoms with Crippen LogP contribution in [0, 0.1) is 20.8 Å². The van der Waals surface area contributed by atoms with E-state index in [-0.39, 0.29) is 24.9 Å². The van der Waals surface area contributed by atoms with E-state index in [1.54, 1.807) is 18.2 Å². The largest absolute Gasteiger partial charge is 0.376 e. The lowest BCUT2D eigenvalue weighted by molar-refractivity contribution is -0.122. The molecule has 0 aliphatic heterocycles. The average Bonchev–Trinajstić information content (AvgIpc) is 2.58. The van der Waals surface area contributed by atoms with Crippen LogP contribution in [0.15, 0.2) is 36.4 Å². The highest BCUT2D eigenvalue weighted by atomic mass is 35.5. The molecule has 0 aromatic heterocycles. The zero-order valence-corrected chi connectivity index (χ0v) is 15.3. The molecule has 0 aliphatic carbocycles. The highest BCUT2D eigenvalue weighted by Crippen LogP contribution is 2.22. The third kappa shape index (κ3) is 5.50. The summed E-state index contributed by atoms with van der Waals surface area (Å²) in [5.41, 5.74) is 4.65. The standard InChI is InChI=1S/C19H22ClN3O2/c1-12-7-8-15(9-13(12)2)21-10-18(24)22-11-19(25)23-17-6-4-5-16(20)14(17)3/h4-9,21H,10-11H2,1-3H3,(H,22,24)(H,23,25). The lowest BCUT2D eigenvalue weighted by atomic mass is 10.1. The summed E-state index contributed by atoms with van der Waals surface area (Å²) in [6, 6.07) is 11.2. The third-order valence-corrected chi connectivity index (χ3v) is 4.36. The molecule has 2 aromatic rings. The zero-order chi connectivity index (χ0) is 18.4. The van der Waals surface area contributed by atoms with Crippen LogP contribution in [0.4, 0.5) is 11.4 Å². The summed E-state index contributed by atoms with van der Waals surface area (Å²) in [6.07, 6.45) is 0. The minimum atomic E-state index is -0.301. The molecule has 2 amide bonds. The quantitative estimate of drug-likeness (QED) is 0.740. The summed E-state index contributed by atoms with van der Waals surface area (Å²) in [7, 11) is 0. The number of rotatable bonds is 6. The molecule has 0 atom stereocenters. The minimum Gasteiger partial charge on any atom is -0.376 e. The van der Waals surface area contributed by atoms with Crippen LogP contribution in [0.3, 0.4) is 0 Å². The van der Waals surface area contributed by atoms with E-state index in [1.807, 2.05) is 39.0 Å². The van der Waals surface area contributed by atoms with Crippen LogP contribution in [-0.2, 0) is 9.59 Å². The van der Waals surface area contributed by atoms with Crippen molar-refractivity contribution in [3.8, 4) is 0 Å². The van der Waals surface area contributed by atoms with E-state index in [4.69, 9.17) is 11.6 Å². The maximum Gasteiger partial charge on any atom is 0.243 e. The van der Waals surface area contributed by atoms with Crippen molar-refractivity contribution >= 4 is 34.8 Å². The molecule has 0 radical (unpaired) electrons. The predicted molar refractivity (Wildman–Crippen MR) is 102 cm³/mol.